The Labute approximate surface area is 240 Å². The molecule has 41 heavy (non-hydrogen) atoms. The van der Waals surface area contributed by atoms with Gasteiger partial charge < -0.3 is 26.0 Å². The van der Waals surface area contributed by atoms with Crippen LogP contribution >= 0.6 is 0 Å². The number of amides is 3. The maximum absolute atomic E-state index is 13.9. The van der Waals surface area contributed by atoms with E-state index >= 15 is 0 Å². The summed E-state index contributed by atoms with van der Waals surface area (Å²) in [5, 5.41) is 19.8. The van der Waals surface area contributed by atoms with Crippen molar-refractivity contribution in [1.82, 2.24) is 20.9 Å². The van der Waals surface area contributed by atoms with E-state index in [9.17, 15) is 28.3 Å². The van der Waals surface area contributed by atoms with E-state index in [0.717, 1.165) is 49.4 Å². The molecular weight excluding hydrogens is 530 g/mol. The number of benzene rings is 2. The highest BCUT2D eigenvalue weighted by Crippen LogP contribution is 2.16. The van der Waals surface area contributed by atoms with Crippen molar-refractivity contribution < 1.29 is 28.3 Å². The highest BCUT2D eigenvalue weighted by molar-refractivity contribution is 6.00. The van der Waals surface area contributed by atoms with Gasteiger partial charge in [-0.3, -0.25) is 14.4 Å². The van der Waals surface area contributed by atoms with Crippen molar-refractivity contribution in [2.24, 2.45) is 0 Å². The molecule has 3 rings (SSSR count). The zero-order valence-corrected chi connectivity index (χ0v) is 24.1. The molecule has 0 unspecified atom stereocenters. The van der Waals surface area contributed by atoms with Crippen molar-refractivity contribution >= 4 is 17.7 Å². The molecule has 1 aliphatic heterocycles. The van der Waals surface area contributed by atoms with E-state index in [1.807, 2.05) is 13.8 Å². The standard InChI is InChI=1S/C31H42F2N4O4/c1-4-10-37(11-5-2)31(41)23-13-20(3)12-22(17-23)29(39)36-27(16-21-14-24(32)18-25(33)15-21)28(38)19-35-26-8-6-7-9-34-30(26)40/h12-15,17-18,26-28,35,38H,4-11,16,19H2,1-3H3,(H,34,40)(H,36,39)/t26-,27-,28+/m0/s1. The molecule has 2 aromatic carbocycles. The third kappa shape index (κ3) is 9.60. The first-order chi connectivity index (χ1) is 19.6. The molecule has 0 aromatic heterocycles. The van der Waals surface area contributed by atoms with Gasteiger partial charge in [-0.05, 0) is 86.9 Å². The lowest BCUT2D eigenvalue weighted by Gasteiger charge is -2.27. The number of hydrogen-bond donors (Lipinski definition) is 4. The molecule has 0 aliphatic carbocycles. The van der Waals surface area contributed by atoms with E-state index in [0.29, 0.717) is 31.6 Å². The predicted molar refractivity (Wildman–Crippen MR) is 154 cm³/mol. The Morgan fingerprint density at radius 2 is 1.68 bits per heavy atom. The Bertz CT molecular complexity index is 1180. The summed E-state index contributed by atoms with van der Waals surface area (Å²) in [6.07, 6.45) is 2.69. The first-order valence-electron chi connectivity index (χ1n) is 14.5. The molecule has 224 valence electrons. The fourth-order valence-corrected chi connectivity index (χ4v) is 5.13. The van der Waals surface area contributed by atoms with Crippen LogP contribution < -0.4 is 16.0 Å². The molecule has 10 heteroatoms. The largest absolute Gasteiger partial charge is 0.390 e. The number of carbonyl (C=O) groups is 3. The van der Waals surface area contributed by atoms with Crippen molar-refractivity contribution in [1.29, 1.82) is 0 Å². The molecule has 0 saturated carbocycles. The van der Waals surface area contributed by atoms with Gasteiger partial charge in [-0.1, -0.05) is 13.8 Å². The van der Waals surface area contributed by atoms with Gasteiger partial charge in [0, 0.05) is 43.4 Å². The number of hydrogen-bond acceptors (Lipinski definition) is 5. The first kappa shape index (κ1) is 32.1. The molecule has 3 amide bonds. The van der Waals surface area contributed by atoms with Crippen molar-refractivity contribution in [3.8, 4) is 0 Å². The molecule has 4 N–H and O–H groups in total. The monoisotopic (exact) mass is 572 g/mol. The van der Waals surface area contributed by atoms with Crippen LogP contribution in [0.4, 0.5) is 8.78 Å². The molecular formula is C31H42F2N4O4. The number of carbonyl (C=O) groups excluding carboxylic acids is 3. The second kappa shape index (κ2) is 15.6. The summed E-state index contributed by atoms with van der Waals surface area (Å²) in [4.78, 5) is 40.8. The summed E-state index contributed by atoms with van der Waals surface area (Å²) in [6.45, 7) is 7.57. The lowest BCUT2D eigenvalue weighted by Crippen LogP contribution is -2.52. The Balaban J connectivity index is 1.82. The number of rotatable bonds is 13. The minimum Gasteiger partial charge on any atom is -0.390 e. The number of nitrogens with zero attached hydrogens (tertiary/aromatic N) is 1. The number of aliphatic hydroxyl groups excluding tert-OH is 1. The van der Waals surface area contributed by atoms with Crippen LogP contribution in [0, 0.1) is 18.6 Å². The molecule has 3 atom stereocenters. The summed E-state index contributed by atoms with van der Waals surface area (Å²) < 4.78 is 27.9. The van der Waals surface area contributed by atoms with E-state index in [2.05, 4.69) is 16.0 Å². The summed E-state index contributed by atoms with van der Waals surface area (Å²) >= 11 is 0. The molecule has 1 aliphatic rings. The van der Waals surface area contributed by atoms with Gasteiger partial charge in [-0.2, -0.15) is 0 Å². The zero-order valence-electron chi connectivity index (χ0n) is 24.1. The smallest absolute Gasteiger partial charge is 0.253 e. The lowest BCUT2D eigenvalue weighted by molar-refractivity contribution is -0.123. The zero-order chi connectivity index (χ0) is 29.9. The highest BCUT2D eigenvalue weighted by Gasteiger charge is 2.27. The van der Waals surface area contributed by atoms with Crippen LogP contribution in [0.15, 0.2) is 36.4 Å². The number of nitrogens with one attached hydrogen (secondary N) is 3. The van der Waals surface area contributed by atoms with Gasteiger partial charge in [-0.25, -0.2) is 8.78 Å². The number of halogens is 2. The SMILES string of the molecule is CCCN(CCC)C(=O)c1cc(C)cc(C(=O)N[C@@H](Cc2cc(F)cc(F)c2)[C@H](O)CN[C@H]2CCCCNC2=O)c1. The molecule has 1 heterocycles. The third-order valence-corrected chi connectivity index (χ3v) is 7.13. The van der Waals surface area contributed by atoms with E-state index in [1.54, 1.807) is 24.0 Å². The summed E-state index contributed by atoms with van der Waals surface area (Å²) in [5.74, 6) is -2.38. The van der Waals surface area contributed by atoms with Crippen LogP contribution in [0.1, 0.15) is 77.8 Å². The molecule has 0 radical (unpaired) electrons. The van der Waals surface area contributed by atoms with Crippen molar-refractivity contribution in [3.63, 3.8) is 0 Å². The average Bonchev–Trinajstić information content (AvgIpc) is 3.13. The number of aryl methyl sites for hydroxylation is 1. The minimum absolute atomic E-state index is 0.0264. The Morgan fingerprint density at radius 3 is 2.34 bits per heavy atom. The molecule has 2 aromatic rings. The maximum Gasteiger partial charge on any atom is 0.253 e. The fraction of sp³-hybridized carbons (Fsp3) is 0.516. The van der Waals surface area contributed by atoms with E-state index in [-0.39, 0.29) is 35.9 Å². The second-order valence-electron chi connectivity index (χ2n) is 10.8. The Kier molecular flexibility index (Phi) is 12.2. The van der Waals surface area contributed by atoms with Crippen LogP contribution in [-0.2, 0) is 11.2 Å². The van der Waals surface area contributed by atoms with Crippen LogP contribution in [0.3, 0.4) is 0 Å². The average molecular weight is 573 g/mol. The Morgan fingerprint density at radius 1 is 1.02 bits per heavy atom. The van der Waals surface area contributed by atoms with E-state index < -0.39 is 35.7 Å². The Hall–Kier alpha value is -3.37. The lowest BCUT2D eigenvalue weighted by atomic mass is 9.99. The summed E-state index contributed by atoms with van der Waals surface area (Å²) in [5.41, 5.74) is 1.61. The quantitative estimate of drug-likeness (QED) is 0.294. The molecule has 0 spiro atoms. The van der Waals surface area contributed by atoms with Crippen LogP contribution in [0.5, 0.6) is 0 Å². The summed E-state index contributed by atoms with van der Waals surface area (Å²) in [6, 6.07) is 6.54. The molecule has 0 bridgehead atoms. The van der Waals surface area contributed by atoms with Gasteiger partial charge in [0.25, 0.3) is 11.8 Å². The molecule has 1 fully saturated rings. The van der Waals surface area contributed by atoms with Crippen molar-refractivity contribution in [3.05, 3.63) is 70.3 Å². The highest BCUT2D eigenvalue weighted by atomic mass is 19.1. The fourth-order valence-electron chi connectivity index (χ4n) is 5.13. The normalized spacial score (nSPS) is 16.8. The topological polar surface area (TPSA) is 111 Å². The van der Waals surface area contributed by atoms with Crippen LogP contribution in [-0.4, -0.2) is 72.1 Å². The first-order valence-corrected chi connectivity index (χ1v) is 14.5. The predicted octanol–water partition coefficient (Wildman–Crippen LogP) is 3.50. The maximum atomic E-state index is 13.9. The molecule has 8 nitrogen and oxygen atoms in total. The number of aliphatic hydroxyl groups is 1. The van der Waals surface area contributed by atoms with E-state index in [1.165, 1.54) is 6.07 Å². The van der Waals surface area contributed by atoms with Crippen LogP contribution in [0.2, 0.25) is 0 Å². The van der Waals surface area contributed by atoms with Gasteiger partial charge in [0.2, 0.25) is 5.91 Å². The van der Waals surface area contributed by atoms with Crippen molar-refractivity contribution in [2.75, 3.05) is 26.2 Å². The summed E-state index contributed by atoms with van der Waals surface area (Å²) in [7, 11) is 0. The minimum atomic E-state index is -1.18. The van der Waals surface area contributed by atoms with Gasteiger partial charge in [-0.15, -0.1) is 0 Å². The van der Waals surface area contributed by atoms with Gasteiger partial charge in [0.15, 0.2) is 0 Å². The van der Waals surface area contributed by atoms with Crippen molar-refractivity contribution in [2.45, 2.75) is 77.5 Å². The van der Waals surface area contributed by atoms with Gasteiger partial charge in [0.05, 0.1) is 18.2 Å². The van der Waals surface area contributed by atoms with E-state index in [4.69, 9.17) is 0 Å². The van der Waals surface area contributed by atoms with Crippen LogP contribution in [0.25, 0.3) is 0 Å². The van der Waals surface area contributed by atoms with Gasteiger partial charge >= 0.3 is 0 Å². The second-order valence-corrected chi connectivity index (χ2v) is 10.8. The third-order valence-electron chi connectivity index (χ3n) is 7.13. The molecule has 1 saturated heterocycles. The van der Waals surface area contributed by atoms with Gasteiger partial charge in [0.1, 0.15) is 11.6 Å².